The summed E-state index contributed by atoms with van der Waals surface area (Å²) < 4.78 is 1.68. The van der Waals surface area contributed by atoms with E-state index in [2.05, 4.69) is 38.0 Å². The Morgan fingerprint density at radius 3 is 2.41 bits per heavy atom. The van der Waals surface area contributed by atoms with Gasteiger partial charge in [0.2, 0.25) is 0 Å². The molecule has 0 unspecified atom stereocenters. The minimum atomic E-state index is 0.764. The molecule has 1 aromatic carbocycles. The number of rotatable bonds is 7. The molecule has 1 rings (SSSR count). The van der Waals surface area contributed by atoms with Crippen LogP contribution in [-0.4, -0.2) is 20.1 Å². The number of nitrogens with zero attached hydrogens (tertiary/aromatic N) is 1. The van der Waals surface area contributed by atoms with Gasteiger partial charge in [-0.25, -0.2) is 0 Å². The van der Waals surface area contributed by atoms with Crippen LogP contribution in [0.4, 0.5) is 11.4 Å². The number of nitrogens with one attached hydrogen (secondary N) is 1. The standard InChI is InChI=1S/C13H22N2S2/c1-5-14-10-11(13(17)12(10)16)15(4)8-6-7-9(2)3/h9,14H,5-8H2,1-4H3. The molecule has 0 heterocycles. The normalized spacial score (nSPS) is 11.1. The van der Waals surface area contributed by atoms with E-state index >= 15 is 0 Å². The maximum atomic E-state index is 5.32. The van der Waals surface area contributed by atoms with Gasteiger partial charge in [-0.2, -0.15) is 0 Å². The van der Waals surface area contributed by atoms with Crippen molar-refractivity contribution in [2.75, 3.05) is 30.4 Å². The van der Waals surface area contributed by atoms with E-state index in [9.17, 15) is 0 Å². The smallest absolute Gasteiger partial charge is 0.0834 e. The second kappa shape index (κ2) is 6.45. The van der Waals surface area contributed by atoms with E-state index in [-0.39, 0.29) is 0 Å². The first-order valence-electron chi connectivity index (χ1n) is 6.27. The first-order valence-corrected chi connectivity index (χ1v) is 7.09. The van der Waals surface area contributed by atoms with Crippen molar-refractivity contribution in [3.8, 4) is 0 Å². The van der Waals surface area contributed by atoms with Crippen LogP contribution < -0.4 is 10.2 Å². The van der Waals surface area contributed by atoms with Crippen molar-refractivity contribution in [3.63, 3.8) is 0 Å². The van der Waals surface area contributed by atoms with E-state index in [0.29, 0.717) is 0 Å². The lowest BCUT2D eigenvalue weighted by atomic mass is 10.1. The summed E-state index contributed by atoms with van der Waals surface area (Å²) in [6.45, 7) is 8.53. The maximum Gasteiger partial charge on any atom is 0.0834 e. The highest BCUT2D eigenvalue weighted by Crippen LogP contribution is 2.35. The molecule has 0 aliphatic rings. The van der Waals surface area contributed by atoms with Crippen molar-refractivity contribution in [1.29, 1.82) is 0 Å². The third-order valence-corrected chi connectivity index (χ3v) is 3.83. The predicted octanol–water partition coefficient (Wildman–Crippen LogP) is 4.33. The highest BCUT2D eigenvalue weighted by molar-refractivity contribution is 7.74. The van der Waals surface area contributed by atoms with E-state index < -0.39 is 0 Å². The first kappa shape index (κ1) is 14.6. The average molecular weight is 270 g/mol. The van der Waals surface area contributed by atoms with Gasteiger partial charge in [0.05, 0.1) is 20.4 Å². The second-order valence-corrected chi connectivity index (χ2v) is 5.69. The Balaban J connectivity index is 2.63. The van der Waals surface area contributed by atoms with Gasteiger partial charge in [-0.3, -0.25) is 0 Å². The first-order chi connectivity index (χ1) is 7.99. The minimum absolute atomic E-state index is 0.764. The second-order valence-electron chi connectivity index (χ2n) is 4.87. The van der Waals surface area contributed by atoms with Gasteiger partial charge in [0, 0.05) is 20.1 Å². The lowest BCUT2D eigenvalue weighted by Crippen LogP contribution is -2.23. The molecular weight excluding hydrogens is 248 g/mol. The zero-order chi connectivity index (χ0) is 13.0. The third-order valence-electron chi connectivity index (χ3n) is 2.90. The van der Waals surface area contributed by atoms with Gasteiger partial charge in [-0.1, -0.05) is 38.3 Å². The van der Waals surface area contributed by atoms with Crippen LogP contribution in [-0.2, 0) is 0 Å². The summed E-state index contributed by atoms with van der Waals surface area (Å²) in [5.41, 5.74) is 2.20. The van der Waals surface area contributed by atoms with Crippen LogP contribution in [0, 0.1) is 14.9 Å². The lowest BCUT2D eigenvalue weighted by Gasteiger charge is -2.26. The average Bonchev–Trinajstić information content (AvgIpc) is 2.27. The van der Waals surface area contributed by atoms with Crippen LogP contribution in [0.1, 0.15) is 33.6 Å². The van der Waals surface area contributed by atoms with Gasteiger partial charge in [-0.05, 0) is 25.7 Å². The van der Waals surface area contributed by atoms with Crippen LogP contribution in [0.2, 0.25) is 0 Å². The molecular formula is C13H22N2S2. The zero-order valence-electron chi connectivity index (χ0n) is 11.2. The van der Waals surface area contributed by atoms with Gasteiger partial charge in [-0.15, -0.1) is 0 Å². The molecule has 0 aliphatic heterocycles. The quantitative estimate of drug-likeness (QED) is 0.742. The summed E-state index contributed by atoms with van der Waals surface area (Å²) in [7, 11) is 2.10. The molecule has 1 N–H and O–H groups in total. The van der Waals surface area contributed by atoms with Crippen LogP contribution in [0.5, 0.6) is 0 Å². The zero-order valence-corrected chi connectivity index (χ0v) is 12.8. The molecule has 0 spiro atoms. The van der Waals surface area contributed by atoms with Crippen molar-refractivity contribution in [1.82, 2.24) is 0 Å². The summed E-state index contributed by atoms with van der Waals surface area (Å²) in [5.74, 6) is 0.764. The third kappa shape index (κ3) is 3.49. The topological polar surface area (TPSA) is 15.3 Å². The van der Waals surface area contributed by atoms with Gasteiger partial charge >= 0.3 is 0 Å². The molecule has 0 amide bonds. The highest BCUT2D eigenvalue weighted by Gasteiger charge is 2.17. The molecule has 0 radical (unpaired) electrons. The minimum Gasteiger partial charge on any atom is -0.382 e. The molecule has 2 nitrogen and oxygen atoms in total. The Morgan fingerprint density at radius 1 is 1.24 bits per heavy atom. The largest absolute Gasteiger partial charge is 0.382 e. The van der Waals surface area contributed by atoms with E-state index in [1.165, 1.54) is 12.8 Å². The molecule has 1 aromatic rings. The van der Waals surface area contributed by atoms with Crippen molar-refractivity contribution >= 4 is 35.8 Å². The molecule has 0 aliphatic carbocycles. The summed E-state index contributed by atoms with van der Waals surface area (Å²) in [6.07, 6.45) is 2.46. The van der Waals surface area contributed by atoms with Gasteiger partial charge in [0.15, 0.2) is 0 Å². The van der Waals surface area contributed by atoms with Gasteiger partial charge < -0.3 is 10.2 Å². The van der Waals surface area contributed by atoms with Gasteiger partial charge in [0.25, 0.3) is 0 Å². The summed E-state index contributed by atoms with van der Waals surface area (Å²) in [5, 5.41) is 3.30. The van der Waals surface area contributed by atoms with Crippen molar-refractivity contribution in [3.05, 3.63) is 9.02 Å². The Kier molecular flexibility index (Phi) is 5.53. The summed E-state index contributed by atoms with van der Waals surface area (Å²) in [6, 6.07) is 0. The summed E-state index contributed by atoms with van der Waals surface area (Å²) >= 11 is 10.6. The highest BCUT2D eigenvalue weighted by atomic mass is 32.1. The Labute approximate surface area is 115 Å². The Bertz CT molecular complexity index is 431. The summed E-state index contributed by atoms with van der Waals surface area (Å²) in [4.78, 5) is 2.23. The molecule has 0 aromatic heterocycles. The van der Waals surface area contributed by atoms with Crippen LogP contribution >= 0.6 is 24.4 Å². The van der Waals surface area contributed by atoms with Crippen LogP contribution in [0.15, 0.2) is 0 Å². The van der Waals surface area contributed by atoms with Crippen LogP contribution in [0.3, 0.4) is 0 Å². The van der Waals surface area contributed by atoms with Gasteiger partial charge in [0.1, 0.15) is 0 Å². The lowest BCUT2D eigenvalue weighted by molar-refractivity contribution is 0.555. The molecule has 17 heavy (non-hydrogen) atoms. The maximum absolute atomic E-state index is 5.32. The van der Waals surface area contributed by atoms with E-state index in [1.54, 1.807) is 0 Å². The number of hydrogen-bond donors (Lipinski definition) is 1. The molecule has 0 saturated heterocycles. The Morgan fingerprint density at radius 2 is 1.88 bits per heavy atom. The van der Waals surface area contributed by atoms with E-state index in [0.717, 1.165) is 39.4 Å². The molecule has 0 fully saturated rings. The number of hydrogen-bond acceptors (Lipinski definition) is 4. The predicted molar refractivity (Wildman–Crippen MR) is 82.0 cm³/mol. The van der Waals surface area contributed by atoms with Crippen molar-refractivity contribution in [2.45, 2.75) is 33.6 Å². The molecule has 0 bridgehead atoms. The van der Waals surface area contributed by atoms with Crippen molar-refractivity contribution in [2.24, 2.45) is 5.92 Å². The monoisotopic (exact) mass is 270 g/mol. The van der Waals surface area contributed by atoms with Crippen molar-refractivity contribution < 1.29 is 0 Å². The molecule has 96 valence electrons. The fourth-order valence-electron chi connectivity index (χ4n) is 1.93. The Hall–Kier alpha value is -0.480. The van der Waals surface area contributed by atoms with E-state index in [1.807, 2.05) is 0 Å². The fraction of sp³-hybridized carbons (Fsp3) is 0.692. The fourth-order valence-corrected chi connectivity index (χ4v) is 2.56. The molecule has 0 atom stereocenters. The number of anilines is 2. The molecule has 4 heteroatoms. The van der Waals surface area contributed by atoms with E-state index in [4.69, 9.17) is 24.4 Å². The SMILES string of the molecule is CCNc1c(N(C)CCCC(C)C)c(=S)c1=S. The van der Waals surface area contributed by atoms with Crippen LogP contribution in [0.25, 0.3) is 0 Å². The molecule has 0 saturated carbocycles.